The molecule has 9 rings (SSSR count). The summed E-state index contributed by atoms with van der Waals surface area (Å²) >= 11 is 0. The number of amides is 6. The fourth-order valence-electron chi connectivity index (χ4n) is 10.8. The third-order valence-corrected chi connectivity index (χ3v) is 13.9. The zero-order chi connectivity index (χ0) is 45.0. The first-order chi connectivity index (χ1) is 29.7. The van der Waals surface area contributed by atoms with E-state index in [4.69, 9.17) is 25.4 Å². The molecule has 4 saturated heterocycles. The summed E-state index contributed by atoms with van der Waals surface area (Å²) in [6.45, 7) is 11.4. The number of piperidine rings is 2. The molecule has 1 aromatic heterocycles. The quantitative estimate of drug-likeness (QED) is 0.294. The number of hydrogen-bond donors (Lipinski definition) is 2. The van der Waals surface area contributed by atoms with Crippen LogP contribution in [0.15, 0.2) is 59.1 Å². The van der Waals surface area contributed by atoms with Crippen LogP contribution in [0.1, 0.15) is 104 Å². The van der Waals surface area contributed by atoms with E-state index in [9.17, 15) is 28.8 Å². The minimum Gasteiger partial charge on any atom is -0.444 e. The highest BCUT2D eigenvalue weighted by Gasteiger charge is 2.62. The normalized spacial score (nSPS) is 29.6. The van der Waals surface area contributed by atoms with Gasteiger partial charge in [0.2, 0.25) is 29.5 Å². The second kappa shape index (κ2) is 14.8. The van der Waals surface area contributed by atoms with Crippen molar-refractivity contribution in [3.05, 3.63) is 65.9 Å². The summed E-state index contributed by atoms with van der Waals surface area (Å²) in [5.41, 5.74) is 10.5. The molecule has 0 radical (unpaired) electrons. The van der Waals surface area contributed by atoms with Gasteiger partial charge in [-0.15, -0.1) is 0 Å². The molecule has 3 aromatic rings. The Labute approximate surface area is 366 Å². The number of benzene rings is 2. The molecule has 6 fully saturated rings. The maximum absolute atomic E-state index is 14.3. The molecule has 63 heavy (non-hydrogen) atoms. The molecule has 5 heterocycles. The van der Waals surface area contributed by atoms with Gasteiger partial charge >= 0.3 is 12.2 Å². The number of hydrogen-bond acceptors (Lipinski definition) is 10. The number of carbonyl (C=O) groups is 6. The summed E-state index contributed by atoms with van der Waals surface area (Å²) in [7, 11) is 0. The number of primary amides is 2. The number of nitrogens with two attached hydrogens (primary N) is 2. The minimum atomic E-state index is -1.40. The number of ether oxygens (including phenoxy) is 2. The predicted molar refractivity (Wildman–Crippen MR) is 228 cm³/mol. The van der Waals surface area contributed by atoms with Crippen LogP contribution in [0.25, 0.3) is 22.8 Å². The largest absolute Gasteiger partial charge is 0.444 e. The first-order valence-corrected chi connectivity index (χ1v) is 22.2. The van der Waals surface area contributed by atoms with E-state index in [0.29, 0.717) is 85.5 Å². The van der Waals surface area contributed by atoms with Crippen molar-refractivity contribution in [1.82, 2.24) is 24.6 Å². The fourth-order valence-corrected chi connectivity index (χ4v) is 10.8. The van der Waals surface area contributed by atoms with E-state index >= 15 is 0 Å². The Balaban J connectivity index is 0.919. The predicted octanol–water partition coefficient (Wildman–Crippen LogP) is 5.41. The van der Waals surface area contributed by atoms with E-state index in [1.807, 2.05) is 0 Å². The van der Waals surface area contributed by atoms with Crippen molar-refractivity contribution in [3.63, 3.8) is 0 Å². The Morgan fingerprint density at radius 3 is 1.44 bits per heavy atom. The molecule has 4 aliphatic heterocycles. The summed E-state index contributed by atoms with van der Waals surface area (Å²) in [5, 5.41) is 0. The lowest BCUT2D eigenvalue weighted by atomic mass is 9.85. The SMILES string of the molecule is CC(C)(C)OC(=O)N1[C@H](C(=O)N2CCC[C@@]2(C(N)=O)c2ccc(-c3cnc(-c4ccc([C@]5(C(N)=O)CCCN5C(=O)[C@@H]5C[C@@H]6C[C@@H]6N5C(=O)OC(C)(C)C)cc4)o3)cc2)C[C@@H]2C[C@@H]21. The lowest BCUT2D eigenvalue weighted by molar-refractivity contribution is -0.148. The van der Waals surface area contributed by atoms with Crippen LogP contribution in [0, 0.1) is 11.8 Å². The Morgan fingerprint density at radius 1 is 0.635 bits per heavy atom. The van der Waals surface area contributed by atoms with Crippen molar-refractivity contribution in [2.75, 3.05) is 13.1 Å². The van der Waals surface area contributed by atoms with Crippen LogP contribution in [-0.2, 0) is 39.7 Å². The molecule has 4 N–H and O–H groups in total. The second-order valence-corrected chi connectivity index (χ2v) is 20.2. The molecule has 2 aromatic carbocycles. The lowest BCUT2D eigenvalue weighted by Crippen LogP contribution is -2.58. The van der Waals surface area contributed by atoms with Gasteiger partial charge in [0.1, 0.15) is 34.4 Å². The summed E-state index contributed by atoms with van der Waals surface area (Å²) in [6, 6.07) is 12.7. The maximum Gasteiger partial charge on any atom is 0.411 e. The van der Waals surface area contributed by atoms with Gasteiger partial charge in [0.05, 0.1) is 6.20 Å². The van der Waals surface area contributed by atoms with Gasteiger partial charge in [-0.25, -0.2) is 14.6 Å². The van der Waals surface area contributed by atoms with Crippen molar-refractivity contribution in [1.29, 1.82) is 0 Å². The smallest absolute Gasteiger partial charge is 0.411 e. The van der Waals surface area contributed by atoms with E-state index < -0.39 is 58.4 Å². The van der Waals surface area contributed by atoms with E-state index in [1.165, 1.54) is 0 Å². The number of aromatic nitrogens is 1. The number of rotatable bonds is 8. The number of carbonyl (C=O) groups excluding carboxylic acids is 6. The van der Waals surface area contributed by atoms with Crippen molar-refractivity contribution >= 4 is 35.8 Å². The highest BCUT2D eigenvalue weighted by molar-refractivity contribution is 5.96. The number of oxazole rings is 1. The van der Waals surface area contributed by atoms with Gasteiger partial charge in [0.25, 0.3) is 0 Å². The van der Waals surface area contributed by atoms with Gasteiger partial charge in [-0.2, -0.15) is 0 Å². The molecule has 16 heteroatoms. The van der Waals surface area contributed by atoms with Crippen LogP contribution in [0.5, 0.6) is 0 Å². The number of nitrogens with zero attached hydrogens (tertiary/aromatic N) is 5. The van der Waals surface area contributed by atoms with E-state index in [-0.39, 0.29) is 35.7 Å². The first kappa shape index (κ1) is 42.4. The van der Waals surface area contributed by atoms with Gasteiger partial charge < -0.3 is 35.2 Å². The zero-order valence-corrected chi connectivity index (χ0v) is 36.8. The molecule has 0 spiro atoms. The van der Waals surface area contributed by atoms with Crippen LogP contribution < -0.4 is 11.5 Å². The Morgan fingerprint density at radius 2 is 1.05 bits per heavy atom. The monoisotopic (exact) mass is 863 g/mol. The van der Waals surface area contributed by atoms with E-state index in [1.54, 1.807) is 116 Å². The third kappa shape index (κ3) is 7.18. The molecule has 8 atom stereocenters. The van der Waals surface area contributed by atoms with Gasteiger partial charge in [0, 0.05) is 36.3 Å². The minimum absolute atomic E-state index is 0.0457. The molecule has 334 valence electrons. The van der Waals surface area contributed by atoms with Crippen LogP contribution in [-0.4, -0.2) is 109 Å². The maximum atomic E-state index is 14.3. The number of likely N-dealkylation sites (tertiary alicyclic amines) is 4. The highest BCUT2D eigenvalue weighted by Crippen LogP contribution is 2.52. The van der Waals surface area contributed by atoms with Crippen LogP contribution >= 0.6 is 0 Å². The van der Waals surface area contributed by atoms with Crippen molar-refractivity contribution in [3.8, 4) is 22.8 Å². The lowest BCUT2D eigenvalue weighted by Gasteiger charge is -2.39. The fraction of sp³-hybridized carbons (Fsp3) is 0.553. The average molecular weight is 864 g/mol. The van der Waals surface area contributed by atoms with Gasteiger partial charge in [-0.05, 0) is 128 Å². The molecule has 0 bridgehead atoms. The molecule has 0 unspecified atom stereocenters. The molecule has 2 saturated carbocycles. The topological polar surface area (TPSA) is 212 Å². The van der Waals surface area contributed by atoms with Gasteiger partial charge in [-0.1, -0.05) is 36.4 Å². The van der Waals surface area contributed by atoms with Crippen molar-refractivity contribution in [2.24, 2.45) is 23.3 Å². The third-order valence-electron chi connectivity index (χ3n) is 13.9. The van der Waals surface area contributed by atoms with Crippen LogP contribution in [0.4, 0.5) is 9.59 Å². The van der Waals surface area contributed by atoms with E-state index in [2.05, 4.69) is 4.98 Å². The van der Waals surface area contributed by atoms with Crippen molar-refractivity contribution < 1.29 is 42.7 Å². The molecule has 16 nitrogen and oxygen atoms in total. The van der Waals surface area contributed by atoms with Gasteiger partial charge in [-0.3, -0.25) is 29.0 Å². The average Bonchev–Trinajstić information content (AvgIpc) is 3.71. The molecule has 2 aliphatic carbocycles. The van der Waals surface area contributed by atoms with Crippen molar-refractivity contribution in [2.45, 2.75) is 139 Å². The first-order valence-electron chi connectivity index (χ1n) is 22.2. The van der Waals surface area contributed by atoms with Gasteiger partial charge in [0.15, 0.2) is 5.76 Å². The summed E-state index contributed by atoms with van der Waals surface area (Å²) in [6.07, 6.45) is 5.06. The van der Waals surface area contributed by atoms with Crippen LogP contribution in [0.2, 0.25) is 0 Å². The molecular formula is C47H57N7O9. The van der Waals surface area contributed by atoms with Crippen LogP contribution in [0.3, 0.4) is 0 Å². The standard InChI is InChI=1S/C47H57N7O9/c1-44(2,3)62-42(59)53-32-21-28(32)23-34(53)38(55)51-19-7-17-46(51,40(48)57)30-13-9-26(10-14-30)36-25-50-37(61-36)27-11-15-31(16-12-27)47(41(49)58)18-8-20-52(47)39(56)35-24-29-22-33(29)54(35)43(60)63-45(4,5)6/h9-16,25,28-29,32-35H,7-8,17-24H2,1-6H3,(H2,48,57)(H2,49,58)/t28-,29-,32-,33-,34-,35-,46-,47-/m0/s1. The zero-order valence-electron chi connectivity index (χ0n) is 36.8. The Bertz CT molecular complexity index is 2210. The van der Waals surface area contributed by atoms with E-state index in [0.717, 1.165) is 12.8 Å². The molecule has 6 aliphatic rings. The molecular weight excluding hydrogens is 807 g/mol. The highest BCUT2D eigenvalue weighted by atomic mass is 16.6. The number of fused-ring (bicyclic) bond motifs is 2. The Hall–Kier alpha value is -5.93. The summed E-state index contributed by atoms with van der Waals surface area (Å²) < 4.78 is 17.6. The Kier molecular flexibility index (Phi) is 9.98. The molecule has 6 amide bonds. The summed E-state index contributed by atoms with van der Waals surface area (Å²) in [5.74, 6) is -0.659. The summed E-state index contributed by atoms with van der Waals surface area (Å²) in [4.78, 5) is 92.9. The second-order valence-electron chi connectivity index (χ2n) is 20.2.